The molecular formula is C44H37B. The number of benzene rings is 6. The fourth-order valence-electron chi connectivity index (χ4n) is 8.42. The van der Waals surface area contributed by atoms with Crippen molar-refractivity contribution in [2.24, 2.45) is 0 Å². The molecule has 1 spiro atoms. The van der Waals surface area contributed by atoms with Crippen LogP contribution in [0.4, 0.5) is 0 Å². The van der Waals surface area contributed by atoms with Gasteiger partial charge in [-0.2, -0.15) is 0 Å². The Morgan fingerprint density at radius 2 is 1.51 bits per heavy atom. The summed E-state index contributed by atoms with van der Waals surface area (Å²) >= 11 is 0. The SMILES string of the molecule is C=C/C=C(\B=CC)c1ccc2c(c1)C1(Cc3ccccc3C1)c1cc(-c3ccc(CC)c4c3ccc3cccc(C)c34)ccc1-2. The predicted octanol–water partition coefficient (Wildman–Crippen LogP) is 10.6. The first-order valence-electron chi connectivity index (χ1n) is 16.3. The van der Waals surface area contributed by atoms with Crippen molar-refractivity contribution in [2.75, 3.05) is 0 Å². The number of hydrogen-bond acceptors (Lipinski definition) is 0. The zero-order valence-electron chi connectivity index (χ0n) is 26.5. The van der Waals surface area contributed by atoms with Gasteiger partial charge in [0, 0.05) is 0 Å². The van der Waals surface area contributed by atoms with Crippen molar-refractivity contribution >= 4 is 39.9 Å². The van der Waals surface area contributed by atoms with Gasteiger partial charge in [0.1, 0.15) is 0 Å². The second kappa shape index (κ2) is 10.7. The Kier molecular flexibility index (Phi) is 6.61. The topological polar surface area (TPSA) is 0 Å². The molecule has 0 saturated carbocycles. The molecule has 0 radical (unpaired) electrons. The maximum absolute atomic E-state index is 3.99. The molecule has 0 N–H and O–H groups in total. The van der Waals surface area contributed by atoms with Crippen molar-refractivity contribution in [1.82, 2.24) is 0 Å². The Morgan fingerprint density at radius 3 is 2.24 bits per heavy atom. The first-order chi connectivity index (χ1) is 22.1. The summed E-state index contributed by atoms with van der Waals surface area (Å²) in [7, 11) is 0. The van der Waals surface area contributed by atoms with Crippen molar-refractivity contribution in [3.8, 4) is 22.3 Å². The van der Waals surface area contributed by atoms with Gasteiger partial charge in [-0.05, 0) is 24.3 Å². The average Bonchev–Trinajstić information content (AvgIpc) is 3.59. The van der Waals surface area contributed by atoms with E-state index in [0.29, 0.717) is 0 Å². The Bertz CT molecular complexity index is 2220. The van der Waals surface area contributed by atoms with Crippen LogP contribution in [0.15, 0.2) is 122 Å². The summed E-state index contributed by atoms with van der Waals surface area (Å²) in [4.78, 5) is 0. The summed E-state index contributed by atoms with van der Waals surface area (Å²) in [5, 5.41) is 5.47. The van der Waals surface area contributed by atoms with Crippen LogP contribution in [0.5, 0.6) is 0 Å². The molecule has 0 unspecified atom stereocenters. The molecule has 0 saturated heterocycles. The molecule has 0 aliphatic heterocycles. The summed E-state index contributed by atoms with van der Waals surface area (Å²) in [5.74, 6) is 2.11. The summed E-state index contributed by atoms with van der Waals surface area (Å²) in [6.45, 7) is 12.8. The standard InChI is InChI=1S/C44H37B/c1-5-11-41(45-7-3)32-19-22-37-36-21-18-31(24-39(36)44(40(37)25-32)26-33-13-8-9-14-34(33)27-44)35-20-16-29(6-2)43-38(35)23-17-30-15-10-12-28(4)42(30)43/h5,7-25H,1,6,26-27H2,2-4H3/b41-11-. The van der Waals surface area contributed by atoms with Gasteiger partial charge in [-0.3, -0.25) is 0 Å². The Hall–Kier alpha value is -4.75. The molecule has 2 aliphatic rings. The van der Waals surface area contributed by atoms with Crippen LogP contribution < -0.4 is 0 Å². The Labute approximate surface area is 267 Å². The fraction of sp³-hybridized carbons (Fsp3) is 0.159. The second-order valence-electron chi connectivity index (χ2n) is 12.9. The number of fused-ring (bicyclic) bond motifs is 9. The van der Waals surface area contributed by atoms with Crippen LogP contribution in [0.1, 0.15) is 52.8 Å². The fourth-order valence-corrected chi connectivity index (χ4v) is 8.42. The molecule has 45 heavy (non-hydrogen) atoms. The molecule has 2 aliphatic carbocycles. The van der Waals surface area contributed by atoms with E-state index in [1.54, 1.807) is 0 Å². The van der Waals surface area contributed by atoms with E-state index in [9.17, 15) is 0 Å². The van der Waals surface area contributed by atoms with Crippen molar-refractivity contribution < 1.29 is 0 Å². The van der Waals surface area contributed by atoms with E-state index in [2.05, 4.69) is 149 Å². The summed E-state index contributed by atoms with van der Waals surface area (Å²) < 4.78 is 0. The minimum absolute atomic E-state index is 0.0853. The minimum atomic E-state index is -0.0853. The Morgan fingerprint density at radius 1 is 0.778 bits per heavy atom. The van der Waals surface area contributed by atoms with Gasteiger partial charge in [0.2, 0.25) is 0 Å². The molecule has 8 rings (SSSR count). The van der Waals surface area contributed by atoms with E-state index in [0.717, 1.165) is 19.3 Å². The quantitative estimate of drug-likeness (QED) is 0.109. The molecule has 1 heteroatoms. The van der Waals surface area contributed by atoms with Gasteiger partial charge < -0.3 is 0 Å². The monoisotopic (exact) mass is 576 g/mol. The zero-order valence-corrected chi connectivity index (χ0v) is 26.5. The molecule has 0 nitrogen and oxygen atoms in total. The van der Waals surface area contributed by atoms with Crippen molar-refractivity contribution in [2.45, 2.75) is 45.4 Å². The van der Waals surface area contributed by atoms with Gasteiger partial charge in [0.15, 0.2) is 0 Å². The predicted molar refractivity (Wildman–Crippen MR) is 197 cm³/mol. The second-order valence-corrected chi connectivity index (χ2v) is 12.9. The number of aryl methyl sites for hydroxylation is 2. The van der Waals surface area contributed by atoms with Crippen molar-refractivity contribution in [3.05, 3.63) is 161 Å². The van der Waals surface area contributed by atoms with Gasteiger partial charge in [0.25, 0.3) is 0 Å². The molecule has 216 valence electrons. The van der Waals surface area contributed by atoms with Crippen LogP contribution in [0.2, 0.25) is 0 Å². The van der Waals surface area contributed by atoms with Crippen LogP contribution in [0, 0.1) is 6.92 Å². The van der Waals surface area contributed by atoms with Crippen LogP contribution in [-0.2, 0) is 24.7 Å². The van der Waals surface area contributed by atoms with E-state index in [-0.39, 0.29) is 5.41 Å². The van der Waals surface area contributed by atoms with Gasteiger partial charge in [-0.15, -0.1) is 0 Å². The molecule has 0 amide bonds. The van der Waals surface area contributed by atoms with E-state index in [4.69, 9.17) is 0 Å². The van der Waals surface area contributed by atoms with Gasteiger partial charge in [-0.25, -0.2) is 0 Å². The number of allylic oxidation sites excluding steroid dienone is 2. The average molecular weight is 577 g/mol. The molecule has 0 bridgehead atoms. The molecular weight excluding hydrogens is 539 g/mol. The van der Waals surface area contributed by atoms with E-state index in [1.807, 2.05) is 6.08 Å². The third-order valence-corrected chi connectivity index (χ3v) is 10.4. The van der Waals surface area contributed by atoms with Gasteiger partial charge in [-0.1, -0.05) is 25.1 Å². The molecule has 0 fully saturated rings. The van der Waals surface area contributed by atoms with Crippen LogP contribution >= 0.6 is 0 Å². The molecule has 0 aromatic heterocycles. The maximum atomic E-state index is 3.99. The molecule has 6 aromatic carbocycles. The first-order valence-corrected chi connectivity index (χ1v) is 16.3. The van der Waals surface area contributed by atoms with Gasteiger partial charge in [0.05, 0.1) is 0 Å². The van der Waals surface area contributed by atoms with E-state index < -0.39 is 0 Å². The first kappa shape index (κ1) is 27.8. The third-order valence-electron chi connectivity index (χ3n) is 10.4. The van der Waals surface area contributed by atoms with Crippen LogP contribution in [0.3, 0.4) is 0 Å². The molecule has 0 atom stereocenters. The summed E-state index contributed by atoms with van der Waals surface area (Å²) in [6.07, 6.45) is 7.08. The Balaban J connectivity index is 1.36. The number of hydrogen-bond donors (Lipinski definition) is 0. The number of rotatable bonds is 5. The normalized spacial score (nSPS) is 14.6. The van der Waals surface area contributed by atoms with Crippen LogP contribution in [-0.4, -0.2) is 12.9 Å². The third kappa shape index (κ3) is 4.17. The van der Waals surface area contributed by atoms with Crippen molar-refractivity contribution in [3.63, 3.8) is 0 Å². The van der Waals surface area contributed by atoms with Crippen molar-refractivity contribution in [1.29, 1.82) is 0 Å². The van der Waals surface area contributed by atoms with Crippen LogP contribution in [0.25, 0.3) is 49.3 Å². The summed E-state index contributed by atoms with van der Waals surface area (Å²) in [6, 6.07) is 39.6. The van der Waals surface area contributed by atoms with E-state index >= 15 is 0 Å². The molecule has 0 heterocycles. The summed E-state index contributed by atoms with van der Waals surface area (Å²) in [5.41, 5.74) is 16.4. The molecule has 6 aromatic rings. The van der Waals surface area contributed by atoms with Gasteiger partial charge >= 0.3 is 219 Å². The zero-order chi connectivity index (χ0) is 30.7. The van der Waals surface area contributed by atoms with E-state index in [1.165, 1.54) is 88.2 Å².